The summed E-state index contributed by atoms with van der Waals surface area (Å²) >= 11 is 3.16. The van der Waals surface area contributed by atoms with Gasteiger partial charge in [-0.15, -0.1) is 0 Å². The number of fused-ring (bicyclic) bond motifs is 2. The number of unbranched alkanes of at least 4 members (excludes halogenated alkanes) is 1. The quantitative estimate of drug-likeness (QED) is 0.0338. The number of pyridine rings is 1. The predicted molar refractivity (Wildman–Crippen MR) is 350 cm³/mol. The molecule has 55 heteroatoms. The molecule has 0 bridgehead atoms. The van der Waals surface area contributed by atoms with Crippen LogP contribution in [0, 0.1) is 0 Å². The van der Waals surface area contributed by atoms with E-state index in [1.807, 2.05) is 12.1 Å². The van der Waals surface area contributed by atoms with Gasteiger partial charge in [0.25, 0.3) is 0 Å². The van der Waals surface area contributed by atoms with Crippen molar-refractivity contribution in [3.05, 3.63) is 71.4 Å². The molecule has 0 radical (unpaired) electrons. The van der Waals surface area contributed by atoms with Crippen molar-refractivity contribution in [2.75, 3.05) is 43.1 Å². The monoisotopic (exact) mass is 1810 g/mol. The molecule has 19 atom stereocenters. The van der Waals surface area contributed by atoms with Gasteiger partial charge in [0.2, 0.25) is 11.4 Å². The number of thioether (sulfide) groups is 2. The lowest BCUT2D eigenvalue weighted by Crippen LogP contribution is -3.00. The minimum absolute atomic E-state index is 0. The number of benzene rings is 2. The number of rotatable bonds is 19. The fourth-order valence-corrected chi connectivity index (χ4v) is 11.9. The molecule has 1 amide bonds. The molecular weight excluding hydrogens is 1730 g/mol. The first kappa shape index (κ1) is 106. The number of halogens is 19. The van der Waals surface area contributed by atoms with Gasteiger partial charge in [-0.25, -0.2) is 28.8 Å². The summed E-state index contributed by atoms with van der Waals surface area (Å²) in [6.07, 6.45) is -43.8. The van der Waals surface area contributed by atoms with E-state index in [-0.39, 0.29) is 48.2 Å². The van der Waals surface area contributed by atoms with E-state index < -0.39 is 189 Å². The maximum atomic E-state index is 13.0. The molecule has 0 spiro atoms. The number of aliphatic carboxylic acids is 6. The Morgan fingerprint density at radius 1 is 0.539 bits per heavy atom. The summed E-state index contributed by atoms with van der Waals surface area (Å²) in [5.74, 6) is -16.0. The molecule has 0 unspecified atom stereocenters. The van der Waals surface area contributed by atoms with Crippen molar-refractivity contribution in [2.45, 2.75) is 190 Å². The van der Waals surface area contributed by atoms with Crippen LogP contribution < -0.4 is 66.2 Å². The Hall–Kier alpha value is -7.12. The molecule has 25 N–H and O–H groups in total. The van der Waals surface area contributed by atoms with Gasteiger partial charge < -0.3 is 151 Å². The number of para-hydroxylation sites is 2. The summed E-state index contributed by atoms with van der Waals surface area (Å²) in [5, 5.41) is 114. The van der Waals surface area contributed by atoms with Crippen LogP contribution in [0.3, 0.4) is 0 Å². The zero-order chi connectivity index (χ0) is 87.8. The number of hydrogen-bond acceptors (Lipinski definition) is 28. The van der Waals surface area contributed by atoms with Crippen molar-refractivity contribution in [3.8, 4) is 0 Å². The van der Waals surface area contributed by atoms with Crippen molar-refractivity contribution in [2.24, 2.45) is 34.4 Å². The fraction of sp³-hybridized carbons (Fsp3) is 0.600. The summed E-state index contributed by atoms with van der Waals surface area (Å²) in [6, 6.07) is 14.6. The molecule has 3 aromatic rings. The molecule has 2 aromatic carbocycles. The third-order valence-electron chi connectivity index (χ3n) is 15.6. The van der Waals surface area contributed by atoms with E-state index >= 15 is 0 Å². The van der Waals surface area contributed by atoms with Gasteiger partial charge in [-0.1, -0.05) is 36.0 Å². The number of carbonyl (C=O) groups excluding carboxylic acids is 1. The van der Waals surface area contributed by atoms with Crippen LogP contribution >= 0.6 is 23.5 Å². The zero-order valence-electron chi connectivity index (χ0n) is 58.4. The third-order valence-corrected chi connectivity index (χ3v) is 17.8. The first-order valence-electron chi connectivity index (χ1n) is 32.0. The number of nitrogens with two attached hydrogens (primary N) is 6. The number of carboxylic acid groups (broad SMARTS) is 6. The van der Waals surface area contributed by atoms with Crippen LogP contribution in [0.1, 0.15) is 31.2 Å². The fourth-order valence-electron chi connectivity index (χ4n) is 9.86. The number of aliphatic hydroxyl groups is 6. The Kier molecular flexibility index (Phi) is 42.6. The minimum atomic E-state index is -5.08. The van der Waals surface area contributed by atoms with Gasteiger partial charge in [0, 0.05) is 80.1 Å². The van der Waals surface area contributed by atoms with Gasteiger partial charge in [0.15, 0.2) is 25.1 Å². The smallest absolute Gasteiger partial charge is 0.490 e. The maximum absolute atomic E-state index is 13.0. The molecule has 5 aliphatic rings. The highest BCUT2D eigenvalue weighted by Crippen LogP contribution is 2.46. The Morgan fingerprint density at radius 3 is 1.37 bits per heavy atom. The van der Waals surface area contributed by atoms with Gasteiger partial charge >= 0.3 is 72.9 Å². The topological polar surface area (TPSA) is 593 Å². The predicted octanol–water partition coefficient (Wildman–Crippen LogP) is -2.38. The second-order valence-electron chi connectivity index (χ2n) is 23.9. The number of alkyl halides is 18. The Morgan fingerprint density at radius 2 is 0.939 bits per heavy atom. The number of carbonyl (C=O) groups is 7. The molecule has 34 nitrogen and oxygen atoms in total. The van der Waals surface area contributed by atoms with Crippen LogP contribution in [0.4, 0.5) is 84.7 Å². The first-order valence-corrected chi connectivity index (χ1v) is 34.0. The summed E-state index contributed by atoms with van der Waals surface area (Å²) in [5.41, 5.74) is 40.3. The van der Waals surface area contributed by atoms with Gasteiger partial charge in [-0.05, 0) is 42.7 Å². The van der Waals surface area contributed by atoms with Gasteiger partial charge in [0.1, 0.15) is 67.6 Å². The molecule has 1 aromatic heterocycles. The number of amides is 1. The lowest BCUT2D eigenvalue weighted by Gasteiger charge is -2.47. The van der Waals surface area contributed by atoms with E-state index in [1.54, 1.807) is 11.8 Å². The van der Waals surface area contributed by atoms with Crippen LogP contribution in [0.15, 0.2) is 70.7 Å². The standard InChI is InChI=1S/C48H71N9O13S2.6C2HF3O2.BrH/c1-56-28-10-4-5-11-32(28)72-34(56)18-23-13-16-57(27-9-3-2-8-24(23)27)15-7-6-12-33(58)55-14-17-71-22-31-44(69-47-36(54)41(63)39(61)30(21-50)66-47)42(64)48(67-31)70-45-37(59)25(51)19-26(52)43(45)68-46-35(53)40(62)38(60)29(20-49)65-46;6*3-2(4,5)1(6)7;/h2-5,8-11,13,16,18,25-26,29-31,35-48,59-64H,6-7,12,14-15,17,19-22,49-54H2,1H3;6*(H,6,7);1H/t25-,26+,29-,30+,31-,35-,36-,37+,38-,39-,40-,41-,42-,43-,44-,45-,46-,47-,48+;;;;;;;/m1......./s1. The molecule has 115 heavy (non-hydrogen) atoms. The highest BCUT2D eigenvalue weighted by atomic mass is 79.9. The van der Waals surface area contributed by atoms with E-state index in [4.69, 9.17) is 122 Å². The van der Waals surface area contributed by atoms with Crippen LogP contribution in [0.25, 0.3) is 17.0 Å². The van der Waals surface area contributed by atoms with E-state index in [1.165, 1.54) is 22.3 Å². The number of aryl methyl sites for hydroxylation is 1. The van der Waals surface area contributed by atoms with Crippen LogP contribution in [-0.4, -0.2) is 295 Å². The Labute approximate surface area is 654 Å². The second-order valence-corrected chi connectivity index (χ2v) is 26.1. The van der Waals surface area contributed by atoms with Crippen molar-refractivity contribution in [3.63, 3.8) is 0 Å². The van der Waals surface area contributed by atoms with Crippen molar-refractivity contribution >= 4 is 87.9 Å². The average Bonchev–Trinajstić information content (AvgIpc) is 1.75. The lowest BCUT2D eigenvalue weighted by molar-refractivity contribution is -0.671. The molecule has 658 valence electrons. The molecule has 4 aliphatic heterocycles. The molecule has 5 heterocycles. The molecule has 1 aliphatic carbocycles. The Balaban J connectivity index is 0.00000125. The van der Waals surface area contributed by atoms with Crippen LogP contribution in [-0.2, 0) is 68.5 Å². The number of nitrogens with one attached hydrogen (secondary N) is 1. The van der Waals surface area contributed by atoms with Crippen molar-refractivity contribution < 1.29 is 224 Å². The van der Waals surface area contributed by atoms with E-state index in [0.29, 0.717) is 25.1 Å². The van der Waals surface area contributed by atoms with Crippen molar-refractivity contribution in [1.29, 1.82) is 0 Å². The van der Waals surface area contributed by atoms with Gasteiger partial charge in [-0.3, -0.25) is 4.79 Å². The third kappa shape index (κ3) is 33.7. The van der Waals surface area contributed by atoms with Gasteiger partial charge in [-0.2, -0.15) is 95.4 Å². The second kappa shape index (κ2) is 46.3. The molecule has 1 saturated carbocycles. The maximum Gasteiger partial charge on any atom is 0.490 e. The van der Waals surface area contributed by atoms with E-state index in [0.717, 1.165) is 34.5 Å². The molecular formula is C60H78BrF18N9O25S2. The highest BCUT2D eigenvalue weighted by Gasteiger charge is 2.55. The number of hydrogen-bond donors (Lipinski definition) is 19. The van der Waals surface area contributed by atoms with E-state index in [9.17, 15) is 114 Å². The zero-order valence-corrected chi connectivity index (χ0v) is 61.6. The number of aliphatic hydroxyl groups excluding tert-OH is 6. The first-order chi connectivity index (χ1) is 52.3. The van der Waals surface area contributed by atoms with Crippen LogP contribution in [0.2, 0.25) is 0 Å². The summed E-state index contributed by atoms with van der Waals surface area (Å²) in [6.45, 7) is 0.747. The number of nitrogens with zero attached hydrogens (tertiary/aromatic N) is 2. The normalized spacial score (nSPS) is 27.7. The Bertz CT molecular complexity index is 3460. The highest BCUT2D eigenvalue weighted by molar-refractivity contribution is 8.03. The average molecular weight is 1810 g/mol. The summed E-state index contributed by atoms with van der Waals surface area (Å²) in [4.78, 5) is 69.8. The number of carboxylic acids is 6. The van der Waals surface area contributed by atoms with Crippen molar-refractivity contribution in [1.82, 2.24) is 5.32 Å². The number of anilines is 1. The molecule has 8 rings (SSSR count). The largest absolute Gasteiger partial charge is 1.00 e. The molecule has 4 fully saturated rings. The summed E-state index contributed by atoms with van der Waals surface area (Å²) < 4.78 is 229. The lowest BCUT2D eigenvalue weighted by atomic mass is 9.84. The summed E-state index contributed by atoms with van der Waals surface area (Å²) in [7, 11) is 2.09. The number of ether oxygens (including phenoxy) is 6. The molecule has 3 saturated heterocycles. The van der Waals surface area contributed by atoms with Gasteiger partial charge in [0.05, 0.1) is 40.4 Å². The minimum Gasteiger partial charge on any atom is -1.00 e. The van der Waals surface area contributed by atoms with Crippen LogP contribution in [0.5, 0.6) is 0 Å². The van der Waals surface area contributed by atoms with E-state index in [2.05, 4.69) is 76.6 Å². The number of aromatic nitrogens is 1. The SMILES string of the molecule is CN1/C(=C/c2cc[n+](CCCCC(=O)NCCSC[C@H]3O[C@@H](O[C@@H]4[C@@H](O)[C@H](N)C[C@H](N)[C@H]4O[C@H]4O[C@H](CN)[C@@H](O)[C@H](O)[C@H]4N)[C@H](O)[C@@H]3O[C@H]3O[C@@H](CN)[C@@H](O)[C@H](O)[C@H]3N)c3ccccc23)Sc2ccccc21.O=C(O)C(F)(F)F.O=C(O)C(F)(F)F.O=C(O)C(F)(F)F.O=C(O)C(F)(F)F.O=C(O)C(F)(F)F.O=C(O)C(F)(F)F.[Br-].